The summed E-state index contributed by atoms with van der Waals surface area (Å²) in [7, 11) is 1.69. The van der Waals surface area contributed by atoms with Crippen molar-refractivity contribution in [2.24, 2.45) is 13.0 Å². The van der Waals surface area contributed by atoms with E-state index in [-0.39, 0.29) is 11.6 Å². The number of carboxylic acid groups (broad SMARTS) is 1. The normalized spacial score (nSPS) is 12.5. The van der Waals surface area contributed by atoms with Gasteiger partial charge in [-0.1, -0.05) is 13.8 Å². The van der Waals surface area contributed by atoms with Crippen LogP contribution in [-0.2, 0) is 11.8 Å². The highest BCUT2D eigenvalue weighted by atomic mass is 16.4. The number of hydrogen-bond acceptors (Lipinski definition) is 3. The van der Waals surface area contributed by atoms with E-state index in [4.69, 9.17) is 5.11 Å². The van der Waals surface area contributed by atoms with Crippen molar-refractivity contribution in [3.05, 3.63) is 18.0 Å². The van der Waals surface area contributed by atoms with E-state index < -0.39 is 17.9 Å². The number of aliphatic carboxylic acids is 1. The Labute approximate surface area is 99.6 Å². The third-order valence-electron chi connectivity index (χ3n) is 2.26. The van der Waals surface area contributed by atoms with Crippen LogP contribution in [0.1, 0.15) is 30.8 Å². The summed E-state index contributed by atoms with van der Waals surface area (Å²) >= 11 is 0. The van der Waals surface area contributed by atoms with Crippen molar-refractivity contribution in [2.45, 2.75) is 26.3 Å². The molecule has 1 unspecified atom stereocenters. The van der Waals surface area contributed by atoms with Crippen LogP contribution in [0.3, 0.4) is 0 Å². The van der Waals surface area contributed by atoms with E-state index in [9.17, 15) is 9.59 Å². The van der Waals surface area contributed by atoms with Crippen LogP contribution in [0.15, 0.2) is 12.3 Å². The molecule has 1 aromatic rings. The summed E-state index contributed by atoms with van der Waals surface area (Å²) in [6.07, 6.45) is 2.03. The summed E-state index contributed by atoms with van der Waals surface area (Å²) in [5.41, 5.74) is 0.225. The van der Waals surface area contributed by atoms with Crippen LogP contribution in [0.5, 0.6) is 0 Å². The first-order valence-corrected chi connectivity index (χ1v) is 5.43. The maximum atomic E-state index is 11.7. The van der Waals surface area contributed by atoms with E-state index in [2.05, 4.69) is 10.4 Å². The molecule has 0 aliphatic rings. The molecule has 0 fully saturated rings. The minimum absolute atomic E-state index is 0.195. The Morgan fingerprint density at radius 2 is 2.18 bits per heavy atom. The Balaban J connectivity index is 2.67. The summed E-state index contributed by atoms with van der Waals surface area (Å²) in [5.74, 6) is -1.29. The van der Waals surface area contributed by atoms with Gasteiger partial charge in [0.1, 0.15) is 11.7 Å². The second-order valence-corrected chi connectivity index (χ2v) is 4.37. The van der Waals surface area contributed by atoms with Crippen molar-refractivity contribution >= 4 is 11.9 Å². The van der Waals surface area contributed by atoms with E-state index in [1.165, 1.54) is 4.68 Å². The van der Waals surface area contributed by atoms with Crippen molar-refractivity contribution < 1.29 is 14.7 Å². The molecule has 17 heavy (non-hydrogen) atoms. The first-order chi connectivity index (χ1) is 7.90. The zero-order chi connectivity index (χ0) is 13.0. The third kappa shape index (κ3) is 3.90. The van der Waals surface area contributed by atoms with Crippen molar-refractivity contribution in [3.8, 4) is 0 Å². The van der Waals surface area contributed by atoms with Crippen LogP contribution in [0.25, 0.3) is 0 Å². The zero-order valence-electron chi connectivity index (χ0n) is 10.2. The SMILES string of the molecule is CC(C)CC(NC(=O)c1ccn(C)n1)C(=O)O. The van der Waals surface area contributed by atoms with Crippen LogP contribution < -0.4 is 5.32 Å². The molecule has 1 aromatic heterocycles. The van der Waals surface area contributed by atoms with Crippen LogP contribution in [0, 0.1) is 5.92 Å². The Hall–Kier alpha value is -1.85. The fourth-order valence-corrected chi connectivity index (χ4v) is 1.46. The molecule has 1 amide bonds. The van der Waals surface area contributed by atoms with Gasteiger partial charge in [-0.3, -0.25) is 9.48 Å². The van der Waals surface area contributed by atoms with Crippen LogP contribution in [0.4, 0.5) is 0 Å². The van der Waals surface area contributed by atoms with Gasteiger partial charge in [-0.25, -0.2) is 4.79 Å². The molecular weight excluding hydrogens is 222 g/mol. The van der Waals surface area contributed by atoms with Gasteiger partial charge in [-0.05, 0) is 18.4 Å². The predicted molar refractivity (Wildman–Crippen MR) is 61.6 cm³/mol. The number of nitrogens with one attached hydrogen (secondary N) is 1. The molecule has 1 heterocycles. The number of carbonyl (C=O) groups is 2. The lowest BCUT2D eigenvalue weighted by molar-refractivity contribution is -0.139. The van der Waals surface area contributed by atoms with Crippen LogP contribution in [-0.4, -0.2) is 32.8 Å². The summed E-state index contributed by atoms with van der Waals surface area (Å²) in [5, 5.41) is 15.4. The number of carbonyl (C=O) groups excluding carboxylic acids is 1. The van der Waals surface area contributed by atoms with Gasteiger partial charge in [0.25, 0.3) is 5.91 Å². The van der Waals surface area contributed by atoms with Gasteiger partial charge in [0.15, 0.2) is 0 Å². The van der Waals surface area contributed by atoms with E-state index >= 15 is 0 Å². The van der Waals surface area contributed by atoms with Gasteiger partial charge in [0.2, 0.25) is 0 Å². The minimum atomic E-state index is -1.03. The third-order valence-corrected chi connectivity index (χ3v) is 2.26. The monoisotopic (exact) mass is 239 g/mol. The molecule has 1 atom stereocenters. The summed E-state index contributed by atoms with van der Waals surface area (Å²) in [6, 6.07) is 0.674. The molecule has 0 saturated carbocycles. The van der Waals surface area contributed by atoms with Gasteiger partial charge in [-0.15, -0.1) is 0 Å². The van der Waals surface area contributed by atoms with E-state index in [0.717, 1.165) is 0 Å². The molecule has 94 valence electrons. The highest BCUT2D eigenvalue weighted by Gasteiger charge is 2.22. The van der Waals surface area contributed by atoms with Crippen molar-refractivity contribution in [2.75, 3.05) is 0 Å². The molecule has 0 saturated heterocycles. The lowest BCUT2D eigenvalue weighted by Crippen LogP contribution is -2.41. The number of aryl methyl sites for hydroxylation is 1. The number of carboxylic acids is 1. The molecule has 1 rings (SSSR count). The summed E-state index contributed by atoms with van der Waals surface area (Å²) in [6.45, 7) is 3.81. The standard InChI is InChI=1S/C11H17N3O3/c1-7(2)6-9(11(16)17)12-10(15)8-4-5-14(3)13-8/h4-5,7,9H,6H2,1-3H3,(H,12,15)(H,16,17). The van der Waals surface area contributed by atoms with Crippen LogP contribution in [0.2, 0.25) is 0 Å². The van der Waals surface area contributed by atoms with Crippen molar-refractivity contribution in [1.29, 1.82) is 0 Å². The van der Waals surface area contributed by atoms with E-state index in [1.807, 2.05) is 13.8 Å². The predicted octanol–water partition coefficient (Wildman–Crippen LogP) is 0.649. The zero-order valence-corrected chi connectivity index (χ0v) is 10.2. The summed E-state index contributed by atoms with van der Waals surface area (Å²) in [4.78, 5) is 22.7. The second kappa shape index (κ2) is 5.47. The molecule has 0 aliphatic carbocycles. The quantitative estimate of drug-likeness (QED) is 0.790. The van der Waals surface area contributed by atoms with Gasteiger partial charge < -0.3 is 10.4 Å². The molecule has 0 aliphatic heterocycles. The Morgan fingerprint density at radius 1 is 1.53 bits per heavy atom. The topological polar surface area (TPSA) is 84.2 Å². The molecule has 0 radical (unpaired) electrons. The van der Waals surface area contributed by atoms with Crippen molar-refractivity contribution in [3.63, 3.8) is 0 Å². The number of hydrogen-bond donors (Lipinski definition) is 2. The number of rotatable bonds is 5. The Bertz CT molecular complexity index is 412. The number of amides is 1. The first kappa shape index (κ1) is 13.2. The molecular formula is C11H17N3O3. The van der Waals surface area contributed by atoms with Gasteiger partial charge >= 0.3 is 5.97 Å². The Morgan fingerprint density at radius 3 is 2.59 bits per heavy atom. The van der Waals surface area contributed by atoms with Crippen LogP contribution >= 0.6 is 0 Å². The molecule has 0 aromatic carbocycles. The fourth-order valence-electron chi connectivity index (χ4n) is 1.46. The second-order valence-electron chi connectivity index (χ2n) is 4.37. The Kier molecular flexibility index (Phi) is 4.25. The molecule has 0 bridgehead atoms. The maximum Gasteiger partial charge on any atom is 0.326 e. The number of aromatic nitrogens is 2. The average molecular weight is 239 g/mol. The van der Waals surface area contributed by atoms with E-state index in [0.29, 0.717) is 6.42 Å². The minimum Gasteiger partial charge on any atom is -0.480 e. The first-order valence-electron chi connectivity index (χ1n) is 5.43. The largest absolute Gasteiger partial charge is 0.480 e. The lowest BCUT2D eigenvalue weighted by atomic mass is 10.0. The van der Waals surface area contributed by atoms with Gasteiger partial charge in [0, 0.05) is 13.2 Å². The highest BCUT2D eigenvalue weighted by molar-refractivity contribution is 5.94. The molecule has 6 heteroatoms. The smallest absolute Gasteiger partial charge is 0.326 e. The van der Waals surface area contributed by atoms with Gasteiger partial charge in [-0.2, -0.15) is 5.10 Å². The van der Waals surface area contributed by atoms with E-state index in [1.54, 1.807) is 19.3 Å². The van der Waals surface area contributed by atoms with Crippen molar-refractivity contribution in [1.82, 2.24) is 15.1 Å². The number of nitrogens with zero attached hydrogens (tertiary/aromatic N) is 2. The fraction of sp³-hybridized carbons (Fsp3) is 0.545. The lowest BCUT2D eigenvalue weighted by Gasteiger charge is -2.15. The van der Waals surface area contributed by atoms with Gasteiger partial charge in [0.05, 0.1) is 0 Å². The maximum absolute atomic E-state index is 11.7. The average Bonchev–Trinajstić information content (AvgIpc) is 2.63. The molecule has 0 spiro atoms. The molecule has 6 nitrogen and oxygen atoms in total. The molecule has 2 N–H and O–H groups in total. The highest BCUT2D eigenvalue weighted by Crippen LogP contribution is 2.06. The summed E-state index contributed by atoms with van der Waals surface area (Å²) < 4.78 is 1.49.